The Morgan fingerprint density at radius 3 is 2.62 bits per heavy atom. The summed E-state index contributed by atoms with van der Waals surface area (Å²) in [6.45, 7) is 2.19. The van der Waals surface area contributed by atoms with Crippen LogP contribution in [0.5, 0.6) is 0 Å². The molecule has 26 heavy (non-hydrogen) atoms. The molecule has 136 valence electrons. The minimum absolute atomic E-state index is 0.00555. The number of hydrogen-bond donors (Lipinski definition) is 0. The number of imide groups is 1. The fourth-order valence-corrected chi connectivity index (χ4v) is 2.80. The first-order valence-corrected chi connectivity index (χ1v) is 8.43. The van der Waals surface area contributed by atoms with Gasteiger partial charge in [-0.25, -0.2) is 14.1 Å². The monoisotopic (exact) mass is 357 g/mol. The van der Waals surface area contributed by atoms with Crippen molar-refractivity contribution in [1.82, 2.24) is 4.90 Å². The molecule has 6 heteroatoms. The number of hydrogen-bond acceptors (Lipinski definition) is 4. The molecule has 0 aromatic heterocycles. The summed E-state index contributed by atoms with van der Waals surface area (Å²) in [5.41, 5.74) is 1.77. The van der Waals surface area contributed by atoms with E-state index in [1.165, 1.54) is 12.1 Å². The number of benzene rings is 2. The first-order chi connectivity index (χ1) is 12.5. The van der Waals surface area contributed by atoms with Crippen molar-refractivity contribution in [2.24, 2.45) is 0 Å². The standard InChI is InChI=1S/C20H20FNO4/c1-14(15-7-9-17(21)10-8-15)12-25-13-19(23)22-11-18(26-20(22)24)16-5-3-2-4-6-16/h2-10,14,18H,11-13H2,1H3/t14-,18+/m0/s1. The van der Waals surface area contributed by atoms with Gasteiger partial charge in [-0.1, -0.05) is 49.4 Å². The Labute approximate surface area is 151 Å². The third-order valence-corrected chi connectivity index (χ3v) is 4.32. The lowest BCUT2D eigenvalue weighted by Crippen LogP contribution is -2.35. The largest absolute Gasteiger partial charge is 0.439 e. The van der Waals surface area contributed by atoms with Crippen molar-refractivity contribution in [3.63, 3.8) is 0 Å². The molecule has 2 aromatic carbocycles. The SMILES string of the molecule is C[C@@H](COCC(=O)N1C[C@H](c2ccccc2)OC1=O)c1ccc(F)cc1. The molecule has 5 nitrogen and oxygen atoms in total. The lowest BCUT2D eigenvalue weighted by atomic mass is 10.0. The van der Waals surface area contributed by atoms with Crippen LogP contribution in [0.3, 0.4) is 0 Å². The second-order valence-electron chi connectivity index (χ2n) is 6.26. The van der Waals surface area contributed by atoms with Crippen molar-refractivity contribution in [2.45, 2.75) is 18.9 Å². The van der Waals surface area contributed by atoms with Gasteiger partial charge in [0.05, 0.1) is 13.2 Å². The van der Waals surface area contributed by atoms with Crippen LogP contribution in [0.25, 0.3) is 0 Å². The normalized spacial score (nSPS) is 17.8. The maximum atomic E-state index is 12.9. The summed E-state index contributed by atoms with van der Waals surface area (Å²) >= 11 is 0. The number of carbonyl (C=O) groups excluding carboxylic acids is 2. The topological polar surface area (TPSA) is 55.8 Å². The average molecular weight is 357 g/mol. The fourth-order valence-electron chi connectivity index (χ4n) is 2.80. The Bertz CT molecular complexity index is 763. The smallest absolute Gasteiger partial charge is 0.417 e. The van der Waals surface area contributed by atoms with E-state index in [4.69, 9.17) is 9.47 Å². The molecule has 2 atom stereocenters. The Balaban J connectivity index is 1.49. The Morgan fingerprint density at radius 2 is 1.92 bits per heavy atom. The molecule has 1 aliphatic rings. The van der Waals surface area contributed by atoms with Crippen molar-refractivity contribution in [2.75, 3.05) is 19.8 Å². The number of amides is 2. The van der Waals surface area contributed by atoms with Gasteiger partial charge in [-0.2, -0.15) is 0 Å². The molecule has 0 unspecified atom stereocenters. The summed E-state index contributed by atoms with van der Waals surface area (Å²) in [5.74, 6) is -0.719. The second-order valence-corrected chi connectivity index (χ2v) is 6.26. The summed E-state index contributed by atoms with van der Waals surface area (Å²) in [5, 5.41) is 0. The van der Waals surface area contributed by atoms with Gasteiger partial charge in [0.1, 0.15) is 18.5 Å². The molecule has 0 N–H and O–H groups in total. The number of rotatable bonds is 6. The zero-order chi connectivity index (χ0) is 18.5. The highest BCUT2D eigenvalue weighted by Crippen LogP contribution is 2.26. The number of cyclic esters (lactones) is 1. The average Bonchev–Trinajstić information content (AvgIpc) is 3.05. The van der Waals surface area contributed by atoms with Crippen LogP contribution in [-0.2, 0) is 14.3 Å². The van der Waals surface area contributed by atoms with Crippen LogP contribution in [0.1, 0.15) is 30.1 Å². The first-order valence-electron chi connectivity index (χ1n) is 8.43. The minimum Gasteiger partial charge on any atom is -0.439 e. The highest BCUT2D eigenvalue weighted by Gasteiger charge is 2.36. The predicted octanol–water partition coefficient (Wildman–Crippen LogP) is 3.67. The van der Waals surface area contributed by atoms with Crippen molar-refractivity contribution >= 4 is 12.0 Å². The van der Waals surface area contributed by atoms with Crippen molar-refractivity contribution < 1.29 is 23.5 Å². The van der Waals surface area contributed by atoms with Crippen molar-refractivity contribution in [1.29, 1.82) is 0 Å². The molecule has 2 amide bonds. The molecule has 1 aliphatic heterocycles. The maximum Gasteiger partial charge on any atom is 0.417 e. The molecular weight excluding hydrogens is 337 g/mol. The fraction of sp³-hybridized carbons (Fsp3) is 0.300. The summed E-state index contributed by atoms with van der Waals surface area (Å²) in [4.78, 5) is 25.3. The quantitative estimate of drug-likeness (QED) is 0.792. The maximum absolute atomic E-state index is 12.9. The lowest BCUT2D eigenvalue weighted by Gasteiger charge is -2.14. The third kappa shape index (κ3) is 4.26. The van der Waals surface area contributed by atoms with Crippen molar-refractivity contribution in [3.05, 3.63) is 71.5 Å². The highest BCUT2D eigenvalue weighted by atomic mass is 19.1. The molecular formula is C20H20FNO4. The van der Waals surface area contributed by atoms with Crippen LogP contribution in [0.4, 0.5) is 9.18 Å². The lowest BCUT2D eigenvalue weighted by molar-refractivity contribution is -0.132. The molecule has 0 spiro atoms. The predicted molar refractivity (Wildman–Crippen MR) is 93.0 cm³/mol. The summed E-state index contributed by atoms with van der Waals surface area (Å²) < 4.78 is 23.7. The van der Waals surface area contributed by atoms with E-state index in [1.54, 1.807) is 12.1 Å². The number of carbonyl (C=O) groups is 2. The number of halogens is 1. The van der Waals surface area contributed by atoms with E-state index in [-0.39, 0.29) is 24.9 Å². The van der Waals surface area contributed by atoms with Gasteiger partial charge in [0.25, 0.3) is 5.91 Å². The zero-order valence-corrected chi connectivity index (χ0v) is 14.4. The van der Waals surface area contributed by atoms with Crippen LogP contribution >= 0.6 is 0 Å². The minimum atomic E-state index is -0.654. The number of ether oxygens (including phenoxy) is 2. The highest BCUT2D eigenvalue weighted by molar-refractivity contribution is 5.93. The van der Waals surface area contributed by atoms with E-state index in [9.17, 15) is 14.0 Å². The Morgan fingerprint density at radius 1 is 1.23 bits per heavy atom. The summed E-state index contributed by atoms with van der Waals surface area (Å²) in [6, 6.07) is 15.4. The van der Waals surface area contributed by atoms with E-state index in [2.05, 4.69) is 0 Å². The van der Waals surface area contributed by atoms with Crippen LogP contribution in [0, 0.1) is 5.82 Å². The second kappa shape index (κ2) is 8.10. The molecule has 1 fully saturated rings. The molecule has 1 heterocycles. The van der Waals surface area contributed by atoms with Crippen LogP contribution in [-0.4, -0.2) is 36.7 Å². The van der Waals surface area contributed by atoms with E-state index < -0.39 is 18.1 Å². The molecule has 3 rings (SSSR count). The van der Waals surface area contributed by atoms with Gasteiger partial charge in [0, 0.05) is 5.92 Å². The Hall–Kier alpha value is -2.73. The van der Waals surface area contributed by atoms with E-state index in [0.717, 1.165) is 16.0 Å². The molecule has 0 aliphatic carbocycles. The van der Waals surface area contributed by atoms with Gasteiger partial charge < -0.3 is 9.47 Å². The summed E-state index contributed by atoms with van der Waals surface area (Å²) in [6.07, 6.45) is -1.11. The van der Waals surface area contributed by atoms with E-state index >= 15 is 0 Å². The van der Waals surface area contributed by atoms with Gasteiger partial charge in [-0.15, -0.1) is 0 Å². The van der Waals surface area contributed by atoms with Gasteiger partial charge in [-0.05, 0) is 23.3 Å². The molecule has 0 radical (unpaired) electrons. The van der Waals surface area contributed by atoms with Crippen molar-refractivity contribution in [3.8, 4) is 0 Å². The van der Waals surface area contributed by atoms with Gasteiger partial charge in [0.2, 0.25) is 0 Å². The van der Waals surface area contributed by atoms with E-state index in [0.29, 0.717) is 6.61 Å². The molecule has 0 saturated carbocycles. The van der Waals surface area contributed by atoms with Gasteiger partial charge in [0.15, 0.2) is 0 Å². The molecule has 2 aromatic rings. The van der Waals surface area contributed by atoms with Gasteiger partial charge in [-0.3, -0.25) is 4.79 Å². The van der Waals surface area contributed by atoms with E-state index in [1.807, 2.05) is 37.3 Å². The van der Waals surface area contributed by atoms with Crippen LogP contribution in [0.15, 0.2) is 54.6 Å². The number of nitrogens with zero attached hydrogens (tertiary/aromatic N) is 1. The van der Waals surface area contributed by atoms with Gasteiger partial charge >= 0.3 is 6.09 Å². The van der Waals surface area contributed by atoms with Crippen LogP contribution < -0.4 is 0 Å². The third-order valence-electron chi connectivity index (χ3n) is 4.32. The Kier molecular flexibility index (Phi) is 5.63. The summed E-state index contributed by atoms with van der Waals surface area (Å²) in [7, 11) is 0. The molecule has 0 bridgehead atoms. The van der Waals surface area contributed by atoms with Crippen LogP contribution in [0.2, 0.25) is 0 Å². The molecule has 1 saturated heterocycles. The first kappa shape index (κ1) is 18.1. The zero-order valence-electron chi connectivity index (χ0n) is 14.4.